The Labute approximate surface area is 280 Å². The molecule has 0 saturated carbocycles. The first-order valence-corrected chi connectivity index (χ1v) is 16.6. The van der Waals surface area contributed by atoms with Crippen LogP contribution in [0.4, 0.5) is 5.69 Å². The number of pyridine rings is 1. The Morgan fingerprint density at radius 3 is 2.23 bits per heavy atom. The number of anilines is 1. The minimum absolute atomic E-state index is 0.0700. The number of morpholine rings is 1. The fourth-order valence-electron chi connectivity index (χ4n) is 6.56. The molecule has 2 saturated heterocycles. The quantitative estimate of drug-likeness (QED) is 0.179. The van der Waals surface area contributed by atoms with Crippen molar-refractivity contribution in [2.45, 2.75) is 63.8 Å². The Balaban J connectivity index is 1.57. The number of aromatic amines is 1. The second-order valence-corrected chi connectivity index (χ2v) is 13.7. The summed E-state index contributed by atoms with van der Waals surface area (Å²) in [7, 11) is 4.82. The monoisotopic (exact) mass is 640 g/mol. The van der Waals surface area contributed by atoms with Crippen LogP contribution in [0.2, 0.25) is 0 Å². The number of aryl methyl sites for hydroxylation is 2. The molecule has 13 heteroatoms. The molecule has 248 valence electrons. The molecule has 5 rings (SSSR count). The highest BCUT2D eigenvalue weighted by Crippen LogP contribution is 2.38. The molecule has 47 heavy (non-hydrogen) atoms. The molecule has 0 aliphatic carbocycles. The smallest absolute Gasteiger partial charge is 0.253 e. The first-order chi connectivity index (χ1) is 22.3. The highest BCUT2D eigenvalue weighted by atomic mass is 16.5. The van der Waals surface area contributed by atoms with Gasteiger partial charge in [0.1, 0.15) is 21.3 Å². The number of hydrogen-bond donors (Lipinski definition) is 4. The van der Waals surface area contributed by atoms with E-state index in [1.54, 1.807) is 23.5 Å². The average molecular weight is 640 g/mol. The van der Waals surface area contributed by atoms with Gasteiger partial charge in [-0.1, -0.05) is 24.3 Å². The molecule has 1 aromatic heterocycles. The third-order valence-corrected chi connectivity index (χ3v) is 9.79. The summed E-state index contributed by atoms with van der Waals surface area (Å²) in [6.45, 7) is 10.8. The molecule has 0 radical (unpaired) electrons. The molecule has 3 heterocycles. The van der Waals surface area contributed by atoms with Crippen LogP contribution in [0.1, 0.15) is 51.1 Å². The number of ether oxygens (including phenoxy) is 2. The van der Waals surface area contributed by atoms with Crippen molar-refractivity contribution < 1.29 is 24.5 Å². The summed E-state index contributed by atoms with van der Waals surface area (Å²) in [5.74, 6) is -0.330. The largest absolute Gasteiger partial charge is 0.404 e. The van der Waals surface area contributed by atoms with Gasteiger partial charge in [0.15, 0.2) is 7.85 Å². The summed E-state index contributed by atoms with van der Waals surface area (Å²) < 4.78 is 11.2. The van der Waals surface area contributed by atoms with Crippen LogP contribution >= 0.6 is 0 Å². The van der Waals surface area contributed by atoms with Crippen LogP contribution in [-0.2, 0) is 22.6 Å². The number of H-pyrrole nitrogens is 1. The van der Waals surface area contributed by atoms with E-state index in [2.05, 4.69) is 39.5 Å². The lowest BCUT2D eigenvalue weighted by Crippen LogP contribution is -2.69. The number of aliphatic hydroxyl groups is 2. The summed E-state index contributed by atoms with van der Waals surface area (Å²) in [6, 6.07) is 14.0. The predicted octanol–water partition coefficient (Wildman–Crippen LogP) is -0.0937. The Morgan fingerprint density at radius 1 is 0.979 bits per heavy atom. The molecular weight excluding hydrogens is 593 g/mol. The summed E-state index contributed by atoms with van der Waals surface area (Å²) in [5, 5.41) is 24.8. The zero-order valence-electron chi connectivity index (χ0n) is 28.6. The van der Waals surface area contributed by atoms with Crippen molar-refractivity contribution in [2.75, 3.05) is 44.4 Å². The summed E-state index contributed by atoms with van der Waals surface area (Å²) in [4.78, 5) is 33.8. The van der Waals surface area contributed by atoms with Crippen LogP contribution in [-0.4, -0.2) is 106 Å². The van der Waals surface area contributed by atoms with E-state index in [0.717, 1.165) is 55.2 Å². The fourth-order valence-corrected chi connectivity index (χ4v) is 6.56. The van der Waals surface area contributed by atoms with Crippen LogP contribution in [0.3, 0.4) is 0 Å². The van der Waals surface area contributed by atoms with E-state index >= 15 is 0 Å². The van der Waals surface area contributed by atoms with Crippen molar-refractivity contribution in [3.05, 3.63) is 86.3 Å². The van der Waals surface area contributed by atoms with Gasteiger partial charge in [0, 0.05) is 73.3 Å². The maximum absolute atomic E-state index is 14.0. The standard InChI is InChI=1S/C34H47B3N4O6/c1-21-16-22(2)39-32(43)29(21)19-38-31(42)28-17-26(25-6-4-24(5-7-25)20-40-10-14-47-15-11-40)18-30(23(28)3)41(27-8-12-46-13-9-27)34(37,45)33(35,36)44/h4-7,16-18,27,44-45H,8-15,19-20,35-37H2,1-3H3,(H,38,42)(H,39,43). The SMILES string of the molecule is BC(B)(O)C(B)(O)N(c1cc(-c2ccc(CN3CCOCC3)cc2)cc(C(=O)NCc2c(C)cc(C)[nH]c2=O)c1C)C1CCOCC1. The molecule has 2 fully saturated rings. The van der Waals surface area contributed by atoms with Gasteiger partial charge in [0.05, 0.1) is 13.2 Å². The molecule has 2 aromatic carbocycles. The molecule has 0 spiro atoms. The number of nitrogens with one attached hydrogen (secondary N) is 2. The third-order valence-electron chi connectivity index (χ3n) is 9.79. The lowest BCUT2D eigenvalue weighted by atomic mass is 9.52. The topological polar surface area (TPSA) is 127 Å². The van der Waals surface area contributed by atoms with Crippen molar-refractivity contribution in [2.24, 2.45) is 0 Å². The van der Waals surface area contributed by atoms with E-state index in [4.69, 9.17) is 9.47 Å². The number of amides is 1. The van der Waals surface area contributed by atoms with E-state index in [9.17, 15) is 19.8 Å². The van der Waals surface area contributed by atoms with Gasteiger partial charge in [-0.3, -0.25) is 14.5 Å². The van der Waals surface area contributed by atoms with E-state index in [-0.39, 0.29) is 24.1 Å². The fraction of sp³-hybridized carbons (Fsp3) is 0.471. The van der Waals surface area contributed by atoms with Gasteiger partial charge in [-0.2, -0.15) is 0 Å². The number of nitrogens with zero attached hydrogens (tertiary/aromatic N) is 2. The first kappa shape index (κ1) is 35.0. The van der Waals surface area contributed by atoms with Crippen molar-refractivity contribution in [1.29, 1.82) is 0 Å². The zero-order valence-corrected chi connectivity index (χ0v) is 28.6. The Hall–Kier alpha value is -3.35. The number of benzene rings is 2. The van der Waals surface area contributed by atoms with Crippen LogP contribution in [0.25, 0.3) is 11.1 Å². The molecule has 2 aliphatic rings. The number of aromatic nitrogens is 1. The maximum Gasteiger partial charge on any atom is 0.253 e. The maximum atomic E-state index is 14.0. The third kappa shape index (κ3) is 7.87. The van der Waals surface area contributed by atoms with Gasteiger partial charge in [-0.25, -0.2) is 0 Å². The van der Waals surface area contributed by atoms with E-state index < -0.39 is 11.0 Å². The zero-order chi connectivity index (χ0) is 33.9. The van der Waals surface area contributed by atoms with E-state index in [1.807, 2.05) is 43.9 Å². The second kappa shape index (κ2) is 14.4. The van der Waals surface area contributed by atoms with Crippen molar-refractivity contribution in [1.82, 2.24) is 15.2 Å². The van der Waals surface area contributed by atoms with Gasteiger partial charge in [-0.05, 0) is 79.6 Å². The normalized spacial score (nSPS) is 17.6. The molecule has 0 bridgehead atoms. The van der Waals surface area contributed by atoms with Crippen LogP contribution < -0.4 is 15.8 Å². The molecule has 1 atom stereocenters. The molecule has 2 aliphatic heterocycles. The van der Waals surface area contributed by atoms with Gasteiger partial charge in [0.2, 0.25) is 0 Å². The second-order valence-electron chi connectivity index (χ2n) is 13.7. The van der Waals surface area contributed by atoms with Crippen molar-refractivity contribution in [3.8, 4) is 11.1 Å². The van der Waals surface area contributed by atoms with Crippen LogP contribution in [0.15, 0.2) is 47.3 Å². The predicted molar refractivity (Wildman–Crippen MR) is 192 cm³/mol. The molecule has 1 unspecified atom stereocenters. The average Bonchev–Trinajstić information content (AvgIpc) is 3.02. The molecule has 1 amide bonds. The van der Waals surface area contributed by atoms with Gasteiger partial charge in [0.25, 0.3) is 11.5 Å². The molecule has 10 nitrogen and oxygen atoms in total. The Bertz CT molecular complexity index is 1630. The highest BCUT2D eigenvalue weighted by Gasteiger charge is 2.46. The molecular formula is C34H47B3N4O6. The number of carbonyl (C=O) groups is 1. The van der Waals surface area contributed by atoms with Gasteiger partial charge >= 0.3 is 0 Å². The van der Waals surface area contributed by atoms with Gasteiger partial charge in [-0.15, -0.1) is 0 Å². The van der Waals surface area contributed by atoms with E-state index in [1.165, 1.54) is 5.56 Å². The Kier molecular flexibility index (Phi) is 10.7. The lowest BCUT2D eigenvalue weighted by molar-refractivity contribution is -0.0128. The van der Waals surface area contributed by atoms with Gasteiger partial charge < -0.3 is 34.9 Å². The Morgan fingerprint density at radius 2 is 1.62 bits per heavy atom. The minimum Gasteiger partial charge on any atom is -0.404 e. The molecule has 3 aromatic rings. The number of hydrogen-bond acceptors (Lipinski definition) is 8. The van der Waals surface area contributed by atoms with E-state index in [0.29, 0.717) is 48.4 Å². The first-order valence-electron chi connectivity index (χ1n) is 16.6. The summed E-state index contributed by atoms with van der Waals surface area (Å²) in [6.07, 6.45) is 1.31. The van der Waals surface area contributed by atoms with Crippen molar-refractivity contribution >= 4 is 35.1 Å². The van der Waals surface area contributed by atoms with Crippen LogP contribution in [0, 0.1) is 20.8 Å². The van der Waals surface area contributed by atoms with Crippen LogP contribution in [0.5, 0.6) is 0 Å². The number of carbonyl (C=O) groups excluding carboxylic acids is 1. The summed E-state index contributed by atoms with van der Waals surface area (Å²) >= 11 is 0. The highest BCUT2D eigenvalue weighted by molar-refractivity contribution is 6.44. The summed E-state index contributed by atoms with van der Waals surface area (Å²) in [5.41, 5.74) is 4.84. The lowest BCUT2D eigenvalue weighted by Gasteiger charge is -2.52. The minimum atomic E-state index is -1.68. The van der Waals surface area contributed by atoms with Crippen molar-refractivity contribution in [3.63, 3.8) is 0 Å². The number of rotatable bonds is 10. The molecule has 4 N–H and O–H groups in total.